The molecule has 3 aromatic carbocycles. The van der Waals surface area contributed by atoms with E-state index in [0.717, 1.165) is 24.2 Å². The van der Waals surface area contributed by atoms with Crippen molar-refractivity contribution in [2.75, 3.05) is 28.8 Å². The van der Waals surface area contributed by atoms with E-state index in [9.17, 15) is 13.2 Å². The number of rotatable bonds is 8. The lowest BCUT2D eigenvalue weighted by Crippen LogP contribution is -2.41. The molecular weight excluding hydrogens is 446 g/mol. The topological polar surface area (TPSA) is 69.7 Å². The summed E-state index contributed by atoms with van der Waals surface area (Å²) in [5.74, 6) is -0.364. The van der Waals surface area contributed by atoms with E-state index >= 15 is 0 Å². The number of aryl methyl sites for hydroxylation is 1. The SMILES string of the molecule is Cc1cccc(N(CC(=O)NC(C)c2ccc(N3CCCC3)cc2)S(=O)(=O)c2ccccc2)c1. The monoisotopic (exact) mass is 477 g/mol. The second-order valence-corrected chi connectivity index (χ2v) is 10.6. The smallest absolute Gasteiger partial charge is 0.264 e. The average molecular weight is 478 g/mol. The van der Waals surface area contributed by atoms with Crippen molar-refractivity contribution >= 4 is 27.3 Å². The molecule has 0 aromatic heterocycles. The highest BCUT2D eigenvalue weighted by Crippen LogP contribution is 2.25. The van der Waals surface area contributed by atoms with Crippen molar-refractivity contribution in [3.63, 3.8) is 0 Å². The minimum atomic E-state index is -3.91. The molecule has 0 aliphatic carbocycles. The molecule has 7 heteroatoms. The zero-order valence-electron chi connectivity index (χ0n) is 19.6. The van der Waals surface area contributed by atoms with Gasteiger partial charge in [-0.3, -0.25) is 9.10 Å². The van der Waals surface area contributed by atoms with Crippen molar-refractivity contribution in [1.82, 2.24) is 5.32 Å². The molecule has 0 saturated carbocycles. The van der Waals surface area contributed by atoms with Gasteiger partial charge >= 0.3 is 0 Å². The highest BCUT2D eigenvalue weighted by molar-refractivity contribution is 7.92. The molecule has 0 radical (unpaired) electrons. The number of anilines is 2. The van der Waals surface area contributed by atoms with Crippen LogP contribution in [0.1, 0.15) is 36.9 Å². The first-order valence-corrected chi connectivity index (χ1v) is 13.1. The van der Waals surface area contributed by atoms with Crippen LogP contribution in [0.4, 0.5) is 11.4 Å². The number of sulfonamides is 1. The van der Waals surface area contributed by atoms with Gasteiger partial charge in [0, 0.05) is 18.8 Å². The second kappa shape index (κ2) is 10.3. The number of nitrogens with zero attached hydrogens (tertiary/aromatic N) is 2. The lowest BCUT2D eigenvalue weighted by molar-refractivity contribution is -0.120. The van der Waals surface area contributed by atoms with Gasteiger partial charge in [-0.1, -0.05) is 42.5 Å². The van der Waals surface area contributed by atoms with Gasteiger partial charge in [0.2, 0.25) is 5.91 Å². The fourth-order valence-electron chi connectivity index (χ4n) is 4.27. The molecule has 1 aliphatic heterocycles. The molecule has 0 bridgehead atoms. The molecule has 178 valence electrons. The van der Waals surface area contributed by atoms with Crippen molar-refractivity contribution in [2.24, 2.45) is 0 Å². The largest absolute Gasteiger partial charge is 0.372 e. The Bertz CT molecular complexity index is 1220. The zero-order chi connectivity index (χ0) is 24.1. The van der Waals surface area contributed by atoms with Crippen molar-refractivity contribution in [3.8, 4) is 0 Å². The summed E-state index contributed by atoms with van der Waals surface area (Å²) >= 11 is 0. The lowest BCUT2D eigenvalue weighted by Gasteiger charge is -2.25. The number of carbonyl (C=O) groups is 1. The Morgan fingerprint density at radius 1 is 0.971 bits per heavy atom. The Balaban J connectivity index is 1.51. The normalized spacial score (nSPS) is 14.6. The first-order valence-electron chi connectivity index (χ1n) is 11.6. The molecule has 3 aromatic rings. The Morgan fingerprint density at radius 2 is 1.65 bits per heavy atom. The van der Waals surface area contributed by atoms with Crippen LogP contribution in [0, 0.1) is 6.92 Å². The summed E-state index contributed by atoms with van der Waals surface area (Å²) in [6.07, 6.45) is 2.44. The molecule has 1 fully saturated rings. The van der Waals surface area contributed by atoms with Crippen LogP contribution >= 0.6 is 0 Å². The zero-order valence-corrected chi connectivity index (χ0v) is 20.5. The highest BCUT2D eigenvalue weighted by atomic mass is 32.2. The number of nitrogens with one attached hydrogen (secondary N) is 1. The van der Waals surface area contributed by atoms with Crippen molar-refractivity contribution < 1.29 is 13.2 Å². The van der Waals surface area contributed by atoms with E-state index in [0.29, 0.717) is 5.69 Å². The van der Waals surface area contributed by atoms with E-state index in [1.165, 1.54) is 22.8 Å². The molecule has 34 heavy (non-hydrogen) atoms. The maximum atomic E-state index is 13.4. The minimum absolute atomic E-state index is 0.148. The molecular formula is C27H31N3O3S. The molecule has 1 saturated heterocycles. The fourth-order valence-corrected chi connectivity index (χ4v) is 5.70. The van der Waals surface area contributed by atoms with Gasteiger partial charge in [0.25, 0.3) is 10.0 Å². The van der Waals surface area contributed by atoms with Crippen molar-refractivity contribution in [2.45, 2.75) is 37.6 Å². The summed E-state index contributed by atoms with van der Waals surface area (Å²) in [5.41, 5.74) is 3.54. The fraction of sp³-hybridized carbons (Fsp3) is 0.296. The summed E-state index contributed by atoms with van der Waals surface area (Å²) in [6, 6.07) is 23.3. The van der Waals surface area contributed by atoms with E-state index in [2.05, 4.69) is 22.3 Å². The summed E-state index contributed by atoms with van der Waals surface area (Å²) in [7, 11) is -3.91. The van der Waals surface area contributed by atoms with E-state index in [1.54, 1.807) is 48.5 Å². The van der Waals surface area contributed by atoms with E-state index < -0.39 is 10.0 Å². The second-order valence-electron chi connectivity index (χ2n) is 8.74. The van der Waals surface area contributed by atoms with Crippen molar-refractivity contribution in [3.05, 3.63) is 90.0 Å². The molecule has 1 amide bonds. The van der Waals surface area contributed by atoms with E-state index in [4.69, 9.17) is 0 Å². The van der Waals surface area contributed by atoms with E-state index in [1.807, 2.05) is 32.0 Å². The summed E-state index contributed by atoms with van der Waals surface area (Å²) in [6.45, 7) is 5.65. The standard InChI is InChI=1S/C27H31N3O3S/c1-21-9-8-10-25(19-21)30(34(32,33)26-11-4-3-5-12-26)20-27(31)28-22(2)23-13-15-24(16-14-23)29-17-6-7-18-29/h3-5,8-16,19,22H,6-7,17-18,20H2,1-2H3,(H,28,31). The summed E-state index contributed by atoms with van der Waals surface area (Å²) in [5, 5.41) is 2.96. The molecule has 6 nitrogen and oxygen atoms in total. The Kier molecular flexibility index (Phi) is 7.22. The predicted molar refractivity (Wildman–Crippen MR) is 137 cm³/mol. The van der Waals surface area contributed by atoms with Crippen LogP contribution in [0.3, 0.4) is 0 Å². The van der Waals surface area contributed by atoms with Gasteiger partial charge in [-0.15, -0.1) is 0 Å². The first-order chi connectivity index (χ1) is 16.3. The van der Waals surface area contributed by atoms with Crippen molar-refractivity contribution in [1.29, 1.82) is 0 Å². The van der Waals surface area contributed by atoms with Gasteiger partial charge in [-0.05, 0) is 74.2 Å². The summed E-state index contributed by atoms with van der Waals surface area (Å²) in [4.78, 5) is 15.5. The molecule has 1 atom stereocenters. The van der Waals surface area contributed by atoms with Crippen LogP contribution in [0.5, 0.6) is 0 Å². The molecule has 1 unspecified atom stereocenters. The van der Waals surface area contributed by atoms with Gasteiger partial charge in [0.15, 0.2) is 0 Å². The van der Waals surface area contributed by atoms with Crippen LogP contribution < -0.4 is 14.5 Å². The number of hydrogen-bond acceptors (Lipinski definition) is 4. The third-order valence-corrected chi connectivity index (χ3v) is 7.94. The Morgan fingerprint density at radius 3 is 2.29 bits per heavy atom. The quantitative estimate of drug-likeness (QED) is 0.512. The van der Waals surface area contributed by atoms with Crippen LogP contribution in [0.15, 0.2) is 83.8 Å². The molecule has 1 N–H and O–H groups in total. The molecule has 4 rings (SSSR count). The van der Waals surface area contributed by atoms with Gasteiger partial charge < -0.3 is 10.2 Å². The number of hydrogen-bond donors (Lipinski definition) is 1. The van der Waals surface area contributed by atoms with E-state index in [-0.39, 0.29) is 23.4 Å². The lowest BCUT2D eigenvalue weighted by atomic mass is 10.1. The van der Waals surface area contributed by atoms with Gasteiger partial charge in [0.1, 0.15) is 6.54 Å². The highest BCUT2D eigenvalue weighted by Gasteiger charge is 2.27. The maximum absolute atomic E-state index is 13.4. The van der Waals surface area contributed by atoms with Crippen LogP contribution in [-0.2, 0) is 14.8 Å². The summed E-state index contributed by atoms with van der Waals surface area (Å²) < 4.78 is 28.1. The number of benzene rings is 3. The maximum Gasteiger partial charge on any atom is 0.264 e. The van der Waals surface area contributed by atoms with Crippen LogP contribution in [-0.4, -0.2) is 34.0 Å². The molecule has 1 heterocycles. The Labute approximate surface area is 202 Å². The number of amides is 1. The average Bonchev–Trinajstić information content (AvgIpc) is 3.38. The van der Waals surface area contributed by atoms with Crippen LogP contribution in [0.25, 0.3) is 0 Å². The van der Waals surface area contributed by atoms with Crippen LogP contribution in [0.2, 0.25) is 0 Å². The third-order valence-electron chi connectivity index (χ3n) is 6.15. The third kappa shape index (κ3) is 5.42. The minimum Gasteiger partial charge on any atom is -0.372 e. The first kappa shape index (κ1) is 23.8. The Hall–Kier alpha value is -3.32. The molecule has 0 spiro atoms. The van der Waals surface area contributed by atoms with Gasteiger partial charge in [0.05, 0.1) is 16.6 Å². The number of carbonyl (C=O) groups excluding carboxylic acids is 1. The van der Waals surface area contributed by atoms with Gasteiger partial charge in [-0.2, -0.15) is 0 Å². The predicted octanol–water partition coefficient (Wildman–Crippen LogP) is 4.67. The van der Waals surface area contributed by atoms with Gasteiger partial charge in [-0.25, -0.2) is 8.42 Å². The molecule has 1 aliphatic rings.